The van der Waals surface area contributed by atoms with Crippen LogP contribution >= 0.6 is 39.3 Å². The van der Waals surface area contributed by atoms with Crippen molar-refractivity contribution in [2.45, 2.75) is 26.5 Å². The van der Waals surface area contributed by atoms with Gasteiger partial charge in [-0.15, -0.1) is 0 Å². The number of halogens is 2. The van der Waals surface area contributed by atoms with Gasteiger partial charge in [0.2, 0.25) is 5.91 Å². The van der Waals surface area contributed by atoms with E-state index in [0.29, 0.717) is 33.1 Å². The molecule has 4 aromatic carbocycles. The van der Waals surface area contributed by atoms with Crippen molar-refractivity contribution in [2.75, 3.05) is 5.75 Å². The number of amides is 3. The lowest BCUT2D eigenvalue weighted by Gasteiger charge is -2.28. The molecule has 3 amide bonds. The minimum Gasteiger partial charge on any atom is -0.486 e. The van der Waals surface area contributed by atoms with Crippen molar-refractivity contribution < 1.29 is 19.1 Å². The summed E-state index contributed by atoms with van der Waals surface area (Å²) in [6.45, 7) is 7.82. The zero-order valence-corrected chi connectivity index (χ0v) is 31.2. The molecule has 0 radical (unpaired) electrons. The Morgan fingerprint density at radius 3 is 2.25 bits per heavy atom. The van der Waals surface area contributed by atoms with Gasteiger partial charge >= 0.3 is 0 Å². The quantitative estimate of drug-likeness (QED) is 0.0880. The number of amidine groups is 1. The molecule has 258 valence electrons. The predicted molar refractivity (Wildman–Crippen MR) is 210 cm³/mol. The highest BCUT2D eigenvalue weighted by Crippen LogP contribution is 2.36. The van der Waals surface area contributed by atoms with Crippen molar-refractivity contribution in [1.82, 2.24) is 10.2 Å². The average Bonchev–Trinajstić information content (AvgIpc) is 3.13. The molecule has 51 heavy (non-hydrogen) atoms. The fourth-order valence-corrected chi connectivity index (χ4v) is 7.00. The number of rotatable bonds is 12. The Morgan fingerprint density at radius 1 is 1.02 bits per heavy atom. The third kappa shape index (κ3) is 9.64. The summed E-state index contributed by atoms with van der Waals surface area (Å²) < 4.78 is 6.55. The molecule has 7 nitrogen and oxygen atoms in total. The summed E-state index contributed by atoms with van der Waals surface area (Å²) in [5.74, 6) is -1.29. The third-order valence-corrected chi connectivity index (χ3v) is 9.56. The van der Waals surface area contributed by atoms with Crippen molar-refractivity contribution in [3.63, 3.8) is 0 Å². The number of carbonyl (C=O) groups excluding carboxylic acids is 3. The first-order chi connectivity index (χ1) is 24.7. The van der Waals surface area contributed by atoms with Crippen LogP contribution in [0.2, 0.25) is 5.02 Å². The van der Waals surface area contributed by atoms with Gasteiger partial charge in [-0.1, -0.05) is 139 Å². The van der Waals surface area contributed by atoms with Gasteiger partial charge in [0.05, 0.1) is 21.3 Å². The van der Waals surface area contributed by atoms with Crippen LogP contribution in [0, 0.1) is 6.92 Å². The second kappa shape index (κ2) is 17.8. The van der Waals surface area contributed by atoms with Gasteiger partial charge < -0.3 is 10.1 Å². The Bertz CT molecular complexity index is 1980. The summed E-state index contributed by atoms with van der Waals surface area (Å²) >= 11 is 11.1. The number of hydrogen-bond acceptors (Lipinski definition) is 5. The molecule has 0 atom stereocenters. The molecule has 1 aliphatic heterocycles. The van der Waals surface area contributed by atoms with Crippen LogP contribution in [0.15, 0.2) is 149 Å². The fraction of sp³-hybridized carbons (Fsp3) is 0.122. The monoisotopic (exact) mass is 779 g/mol. The number of thioether (sulfide) groups is 1. The SMILES string of the molecule is C=C/C=C\C(=C/C)N1C(=O)/C(=C/c2cc(Cl)c(OCc3ccc(C)cc3)c(Br)c2)C(=O)N=C1SCC(=O)NC(c1ccccc1)c1ccccc1. The smallest absolute Gasteiger partial charge is 0.285 e. The first kappa shape index (κ1) is 37.3. The second-order valence-electron chi connectivity index (χ2n) is 11.4. The topological polar surface area (TPSA) is 88.1 Å². The van der Waals surface area contributed by atoms with Crippen LogP contribution in [0.5, 0.6) is 5.75 Å². The van der Waals surface area contributed by atoms with Gasteiger partial charge in [-0.2, -0.15) is 4.99 Å². The number of ether oxygens (including phenoxy) is 1. The Balaban J connectivity index is 1.39. The number of carbonyl (C=O) groups is 3. The van der Waals surface area contributed by atoms with Crippen LogP contribution in [-0.4, -0.2) is 33.5 Å². The van der Waals surface area contributed by atoms with E-state index >= 15 is 0 Å². The minimum absolute atomic E-state index is 0.0779. The fourth-order valence-electron chi connectivity index (χ4n) is 5.20. The van der Waals surface area contributed by atoms with E-state index in [1.54, 1.807) is 43.4 Å². The molecule has 0 fully saturated rings. The van der Waals surface area contributed by atoms with Crippen LogP contribution in [0.1, 0.15) is 40.8 Å². The maximum absolute atomic E-state index is 14.1. The number of allylic oxidation sites excluding steroid dienone is 4. The van der Waals surface area contributed by atoms with Crippen molar-refractivity contribution in [1.29, 1.82) is 0 Å². The molecule has 0 aliphatic carbocycles. The van der Waals surface area contributed by atoms with E-state index < -0.39 is 17.9 Å². The largest absolute Gasteiger partial charge is 0.486 e. The molecule has 0 saturated carbocycles. The van der Waals surface area contributed by atoms with Crippen LogP contribution in [0.4, 0.5) is 0 Å². The number of nitrogens with one attached hydrogen (secondary N) is 1. The van der Waals surface area contributed by atoms with Gasteiger partial charge in [-0.3, -0.25) is 19.3 Å². The van der Waals surface area contributed by atoms with Gasteiger partial charge in [0, 0.05) is 5.70 Å². The predicted octanol–water partition coefficient (Wildman–Crippen LogP) is 9.38. The third-order valence-electron chi connectivity index (χ3n) is 7.75. The molecule has 0 bridgehead atoms. The molecule has 0 spiro atoms. The molecule has 1 heterocycles. The van der Waals surface area contributed by atoms with Gasteiger partial charge in [0.1, 0.15) is 12.2 Å². The van der Waals surface area contributed by atoms with E-state index in [1.165, 1.54) is 11.0 Å². The summed E-state index contributed by atoms with van der Waals surface area (Å²) in [7, 11) is 0. The first-order valence-corrected chi connectivity index (χ1v) is 18.2. The summed E-state index contributed by atoms with van der Waals surface area (Å²) in [5.41, 5.74) is 4.75. The van der Waals surface area contributed by atoms with Crippen LogP contribution in [-0.2, 0) is 21.0 Å². The Morgan fingerprint density at radius 2 is 1.67 bits per heavy atom. The van der Waals surface area contributed by atoms with Gasteiger partial charge in [0.25, 0.3) is 11.8 Å². The van der Waals surface area contributed by atoms with Crippen molar-refractivity contribution in [3.05, 3.63) is 177 Å². The maximum Gasteiger partial charge on any atom is 0.285 e. The highest BCUT2D eigenvalue weighted by atomic mass is 79.9. The Hall–Kier alpha value is -4.96. The second-order valence-corrected chi connectivity index (χ2v) is 13.6. The van der Waals surface area contributed by atoms with E-state index in [9.17, 15) is 14.4 Å². The number of aliphatic imine (C=N–C) groups is 1. The molecule has 0 unspecified atom stereocenters. The molecule has 10 heteroatoms. The lowest BCUT2D eigenvalue weighted by atomic mass is 9.99. The molecular formula is C41H35BrClN3O4S. The van der Waals surface area contributed by atoms with Crippen LogP contribution < -0.4 is 10.1 Å². The zero-order chi connectivity index (χ0) is 36.3. The lowest BCUT2D eigenvalue weighted by Crippen LogP contribution is -2.42. The van der Waals surface area contributed by atoms with E-state index in [-0.39, 0.29) is 22.4 Å². The molecule has 4 aromatic rings. The number of aryl methyl sites for hydroxylation is 1. The molecular weight excluding hydrogens is 746 g/mol. The summed E-state index contributed by atoms with van der Waals surface area (Å²) in [6, 6.07) is 30.2. The normalized spacial score (nSPS) is 14.3. The van der Waals surface area contributed by atoms with Gasteiger partial charge in [-0.05, 0) is 76.3 Å². The van der Waals surface area contributed by atoms with E-state index in [0.717, 1.165) is 34.0 Å². The lowest BCUT2D eigenvalue weighted by molar-refractivity contribution is -0.126. The van der Waals surface area contributed by atoms with Crippen molar-refractivity contribution in [2.24, 2.45) is 4.99 Å². The summed E-state index contributed by atoms with van der Waals surface area (Å²) in [5, 5.41) is 3.48. The highest BCUT2D eigenvalue weighted by molar-refractivity contribution is 9.10. The van der Waals surface area contributed by atoms with E-state index in [1.807, 2.05) is 91.9 Å². The van der Waals surface area contributed by atoms with Crippen LogP contribution in [0.3, 0.4) is 0 Å². The van der Waals surface area contributed by atoms with Crippen LogP contribution in [0.25, 0.3) is 6.08 Å². The Kier molecular flexibility index (Phi) is 13.0. The van der Waals surface area contributed by atoms with Crippen molar-refractivity contribution >= 4 is 68.3 Å². The van der Waals surface area contributed by atoms with Gasteiger partial charge in [-0.25, -0.2) is 0 Å². The number of hydrogen-bond donors (Lipinski definition) is 1. The molecule has 1 N–H and O–H groups in total. The number of benzene rings is 4. The number of nitrogens with zero attached hydrogens (tertiary/aromatic N) is 2. The minimum atomic E-state index is -0.735. The standard InChI is InChI=1S/C41H35BrClN3O4S/c1-4-6-17-32(5-2)46-40(49)33(22-29-23-34(42)38(35(43)24-29)50-25-28-20-18-27(3)19-21-28)39(48)45-41(46)51-26-36(47)44-37(30-13-9-7-10-14-30)31-15-11-8-12-16-31/h4-24,37H,1,25-26H2,2-3H3,(H,44,47)/b17-6-,32-5+,33-22+. The summed E-state index contributed by atoms with van der Waals surface area (Å²) in [4.78, 5) is 46.6. The average molecular weight is 781 g/mol. The highest BCUT2D eigenvalue weighted by Gasteiger charge is 2.35. The van der Waals surface area contributed by atoms with E-state index in [4.69, 9.17) is 16.3 Å². The Labute approximate surface area is 315 Å². The first-order valence-electron chi connectivity index (χ1n) is 16.0. The maximum atomic E-state index is 14.1. The van der Waals surface area contributed by atoms with Gasteiger partial charge in [0.15, 0.2) is 10.9 Å². The molecule has 5 rings (SSSR count). The summed E-state index contributed by atoms with van der Waals surface area (Å²) in [6.07, 6.45) is 8.10. The molecule has 1 aliphatic rings. The van der Waals surface area contributed by atoms with E-state index in [2.05, 4.69) is 32.8 Å². The molecule has 0 aromatic heterocycles. The zero-order valence-electron chi connectivity index (χ0n) is 28.0. The van der Waals surface area contributed by atoms with Crippen molar-refractivity contribution in [3.8, 4) is 5.75 Å². The molecule has 0 saturated heterocycles.